The standard InChI is InChI=1S/C11H18N2O4/c14-10(8-2-1-3-12-6-8)13-4-5-17-7-9(13)11(15)16/h8-9,12H,1-7H2,(H,15,16). The smallest absolute Gasteiger partial charge is 0.328 e. The fourth-order valence-corrected chi connectivity index (χ4v) is 2.37. The molecule has 96 valence electrons. The molecule has 0 aromatic heterocycles. The topological polar surface area (TPSA) is 78.9 Å². The highest BCUT2D eigenvalue weighted by Crippen LogP contribution is 2.17. The molecule has 0 spiro atoms. The first-order valence-electron chi connectivity index (χ1n) is 6.02. The predicted octanol–water partition coefficient (Wildman–Crippen LogP) is -0.702. The molecule has 0 aliphatic carbocycles. The van der Waals surface area contributed by atoms with Crippen LogP contribution in [0.25, 0.3) is 0 Å². The van der Waals surface area contributed by atoms with Crippen molar-refractivity contribution in [2.45, 2.75) is 18.9 Å². The van der Waals surface area contributed by atoms with E-state index >= 15 is 0 Å². The largest absolute Gasteiger partial charge is 0.480 e. The van der Waals surface area contributed by atoms with E-state index in [-0.39, 0.29) is 18.4 Å². The van der Waals surface area contributed by atoms with Crippen LogP contribution in [0.15, 0.2) is 0 Å². The summed E-state index contributed by atoms with van der Waals surface area (Å²) in [6.07, 6.45) is 1.81. The van der Waals surface area contributed by atoms with Gasteiger partial charge in [-0.15, -0.1) is 0 Å². The number of morpholine rings is 1. The molecule has 2 atom stereocenters. The van der Waals surface area contributed by atoms with E-state index in [1.54, 1.807) is 0 Å². The van der Waals surface area contributed by atoms with Crippen molar-refractivity contribution in [3.63, 3.8) is 0 Å². The fraction of sp³-hybridized carbons (Fsp3) is 0.818. The number of carboxylic acid groups (broad SMARTS) is 1. The third kappa shape index (κ3) is 2.76. The molecule has 0 saturated carbocycles. The number of nitrogens with zero attached hydrogens (tertiary/aromatic N) is 1. The molecule has 2 N–H and O–H groups in total. The van der Waals surface area contributed by atoms with Crippen LogP contribution in [0.2, 0.25) is 0 Å². The number of amides is 1. The highest BCUT2D eigenvalue weighted by Gasteiger charge is 2.36. The van der Waals surface area contributed by atoms with Gasteiger partial charge < -0.3 is 20.1 Å². The summed E-state index contributed by atoms with van der Waals surface area (Å²) in [5.41, 5.74) is 0. The molecular weight excluding hydrogens is 224 g/mol. The molecule has 0 radical (unpaired) electrons. The van der Waals surface area contributed by atoms with Crippen molar-refractivity contribution in [1.29, 1.82) is 0 Å². The maximum absolute atomic E-state index is 12.2. The van der Waals surface area contributed by atoms with Crippen molar-refractivity contribution in [3.8, 4) is 0 Å². The van der Waals surface area contributed by atoms with Crippen LogP contribution in [0.5, 0.6) is 0 Å². The third-order valence-corrected chi connectivity index (χ3v) is 3.34. The van der Waals surface area contributed by atoms with Crippen LogP contribution in [0, 0.1) is 5.92 Å². The van der Waals surface area contributed by atoms with Gasteiger partial charge in [0.25, 0.3) is 0 Å². The minimum Gasteiger partial charge on any atom is -0.480 e. The summed E-state index contributed by atoms with van der Waals surface area (Å²) in [5, 5.41) is 12.2. The van der Waals surface area contributed by atoms with Crippen LogP contribution in [-0.2, 0) is 14.3 Å². The molecule has 2 unspecified atom stereocenters. The van der Waals surface area contributed by atoms with Crippen LogP contribution in [-0.4, -0.2) is 60.8 Å². The number of rotatable bonds is 2. The normalized spacial score (nSPS) is 30.0. The van der Waals surface area contributed by atoms with E-state index in [4.69, 9.17) is 9.84 Å². The first kappa shape index (κ1) is 12.3. The van der Waals surface area contributed by atoms with Crippen LogP contribution < -0.4 is 5.32 Å². The second-order valence-corrected chi connectivity index (χ2v) is 4.50. The Hall–Kier alpha value is -1.14. The van der Waals surface area contributed by atoms with Crippen molar-refractivity contribution in [3.05, 3.63) is 0 Å². The molecule has 2 heterocycles. The van der Waals surface area contributed by atoms with Gasteiger partial charge in [-0.1, -0.05) is 0 Å². The van der Waals surface area contributed by atoms with Gasteiger partial charge in [0.1, 0.15) is 0 Å². The SMILES string of the molecule is O=C(O)C1COCCN1C(=O)C1CCCNC1. The number of carboxylic acids is 1. The Morgan fingerprint density at radius 3 is 2.88 bits per heavy atom. The summed E-state index contributed by atoms with van der Waals surface area (Å²) in [4.78, 5) is 24.8. The van der Waals surface area contributed by atoms with Gasteiger partial charge in [-0.25, -0.2) is 4.79 Å². The van der Waals surface area contributed by atoms with Crippen LogP contribution in [0.4, 0.5) is 0 Å². The molecule has 0 bridgehead atoms. The number of piperidine rings is 1. The highest BCUT2D eigenvalue weighted by atomic mass is 16.5. The molecule has 1 amide bonds. The number of aliphatic carboxylic acids is 1. The number of hydrogen-bond acceptors (Lipinski definition) is 4. The lowest BCUT2D eigenvalue weighted by Gasteiger charge is -2.36. The third-order valence-electron chi connectivity index (χ3n) is 3.34. The molecule has 2 fully saturated rings. The lowest BCUT2D eigenvalue weighted by atomic mass is 9.97. The highest BCUT2D eigenvalue weighted by molar-refractivity contribution is 5.85. The number of carbonyl (C=O) groups is 2. The van der Waals surface area contributed by atoms with E-state index in [9.17, 15) is 9.59 Å². The van der Waals surface area contributed by atoms with Crippen molar-refractivity contribution in [2.24, 2.45) is 5.92 Å². The van der Waals surface area contributed by atoms with Gasteiger partial charge in [-0.2, -0.15) is 0 Å². The number of hydrogen-bond donors (Lipinski definition) is 2. The predicted molar refractivity (Wildman–Crippen MR) is 59.5 cm³/mol. The number of carbonyl (C=O) groups excluding carboxylic acids is 1. The van der Waals surface area contributed by atoms with E-state index in [0.29, 0.717) is 19.7 Å². The monoisotopic (exact) mass is 242 g/mol. The van der Waals surface area contributed by atoms with Crippen LogP contribution in [0.3, 0.4) is 0 Å². The van der Waals surface area contributed by atoms with E-state index in [1.807, 2.05) is 0 Å². The maximum atomic E-state index is 12.2. The zero-order valence-electron chi connectivity index (χ0n) is 9.72. The van der Waals surface area contributed by atoms with E-state index in [0.717, 1.165) is 19.4 Å². The lowest BCUT2D eigenvalue weighted by Crippen LogP contribution is -2.55. The molecule has 0 aromatic carbocycles. The minimum atomic E-state index is -0.984. The van der Waals surface area contributed by atoms with Crippen molar-refractivity contribution >= 4 is 11.9 Å². The van der Waals surface area contributed by atoms with Gasteiger partial charge in [-0.3, -0.25) is 4.79 Å². The van der Waals surface area contributed by atoms with Crippen LogP contribution in [0.1, 0.15) is 12.8 Å². The molecule has 0 aromatic rings. The van der Waals surface area contributed by atoms with Gasteiger partial charge in [0.15, 0.2) is 6.04 Å². The molecule has 2 rings (SSSR count). The Morgan fingerprint density at radius 2 is 2.24 bits per heavy atom. The van der Waals surface area contributed by atoms with Crippen molar-refractivity contribution in [1.82, 2.24) is 10.2 Å². The second kappa shape index (κ2) is 5.46. The van der Waals surface area contributed by atoms with Crippen molar-refractivity contribution in [2.75, 3.05) is 32.8 Å². The van der Waals surface area contributed by atoms with E-state index in [1.165, 1.54) is 4.90 Å². The van der Waals surface area contributed by atoms with Crippen molar-refractivity contribution < 1.29 is 19.4 Å². The van der Waals surface area contributed by atoms with Gasteiger partial charge in [0, 0.05) is 13.1 Å². The van der Waals surface area contributed by atoms with E-state index in [2.05, 4.69) is 5.32 Å². The molecule has 17 heavy (non-hydrogen) atoms. The zero-order valence-corrected chi connectivity index (χ0v) is 9.72. The zero-order chi connectivity index (χ0) is 12.3. The summed E-state index contributed by atoms with van der Waals surface area (Å²) in [7, 11) is 0. The Balaban J connectivity index is 2.02. The fourth-order valence-electron chi connectivity index (χ4n) is 2.37. The first-order valence-corrected chi connectivity index (χ1v) is 6.02. The minimum absolute atomic E-state index is 0.0482. The summed E-state index contributed by atoms with van der Waals surface area (Å²) >= 11 is 0. The Labute approximate surface area is 99.9 Å². The maximum Gasteiger partial charge on any atom is 0.328 e. The molecule has 6 nitrogen and oxygen atoms in total. The average molecular weight is 242 g/mol. The number of nitrogens with one attached hydrogen (secondary N) is 1. The second-order valence-electron chi connectivity index (χ2n) is 4.50. The Bertz CT molecular complexity index is 302. The quantitative estimate of drug-likeness (QED) is 0.669. The Morgan fingerprint density at radius 1 is 1.41 bits per heavy atom. The summed E-state index contributed by atoms with van der Waals surface area (Å²) in [5.74, 6) is -1.11. The average Bonchev–Trinajstić information content (AvgIpc) is 2.39. The molecule has 2 aliphatic rings. The number of ether oxygens (including phenoxy) is 1. The van der Waals surface area contributed by atoms with Gasteiger partial charge in [-0.05, 0) is 19.4 Å². The van der Waals surface area contributed by atoms with Crippen LogP contribution >= 0.6 is 0 Å². The van der Waals surface area contributed by atoms with Gasteiger partial charge >= 0.3 is 5.97 Å². The van der Waals surface area contributed by atoms with Gasteiger partial charge in [0.2, 0.25) is 5.91 Å². The summed E-state index contributed by atoms with van der Waals surface area (Å²) < 4.78 is 5.12. The summed E-state index contributed by atoms with van der Waals surface area (Å²) in [6, 6.07) is -0.821. The molecule has 2 saturated heterocycles. The lowest BCUT2D eigenvalue weighted by molar-refractivity contribution is -0.160. The first-order chi connectivity index (χ1) is 8.20. The molecular formula is C11H18N2O4. The van der Waals surface area contributed by atoms with E-state index < -0.39 is 12.0 Å². The Kier molecular flexibility index (Phi) is 3.96. The summed E-state index contributed by atoms with van der Waals surface area (Å²) in [6.45, 7) is 2.50. The molecule has 2 aliphatic heterocycles. The van der Waals surface area contributed by atoms with Gasteiger partial charge in [0.05, 0.1) is 19.1 Å². The molecule has 6 heteroatoms.